The van der Waals surface area contributed by atoms with Crippen LogP contribution in [-0.4, -0.2) is 20.3 Å². The topological polar surface area (TPSA) is 61.8 Å². The van der Waals surface area contributed by atoms with Crippen LogP contribution in [0.4, 0.5) is 0 Å². The monoisotopic (exact) mass is 235 g/mol. The van der Waals surface area contributed by atoms with E-state index >= 15 is 0 Å². The molecule has 0 spiro atoms. The third kappa shape index (κ3) is 2.62. The number of aromatic amines is 1. The number of aliphatic hydroxyl groups is 1. The van der Waals surface area contributed by atoms with Crippen LogP contribution in [-0.2, 0) is 0 Å². The number of nitrogens with zero attached hydrogens (tertiary/aromatic N) is 2. The molecule has 2 aromatic rings. The van der Waals surface area contributed by atoms with E-state index in [9.17, 15) is 5.11 Å². The molecular formula is C11H13N3OS. The maximum Gasteiger partial charge on any atom is 0.188 e. The van der Waals surface area contributed by atoms with Crippen molar-refractivity contribution in [2.45, 2.75) is 29.5 Å². The first-order chi connectivity index (χ1) is 7.79. The van der Waals surface area contributed by atoms with Crippen LogP contribution in [0.5, 0.6) is 0 Å². The molecule has 1 aromatic carbocycles. The summed E-state index contributed by atoms with van der Waals surface area (Å²) in [6.07, 6.45) is 1.84. The Labute approximate surface area is 98.1 Å². The van der Waals surface area contributed by atoms with Gasteiger partial charge in [0.05, 0.1) is 6.10 Å². The average Bonchev–Trinajstić information content (AvgIpc) is 2.82. The van der Waals surface area contributed by atoms with Crippen molar-refractivity contribution in [1.29, 1.82) is 0 Å². The second-order valence-electron chi connectivity index (χ2n) is 3.39. The Morgan fingerprint density at radius 1 is 1.38 bits per heavy atom. The van der Waals surface area contributed by atoms with Crippen LogP contribution in [0.3, 0.4) is 0 Å². The van der Waals surface area contributed by atoms with Gasteiger partial charge in [0, 0.05) is 4.90 Å². The molecule has 1 atom stereocenters. The van der Waals surface area contributed by atoms with Crippen molar-refractivity contribution < 1.29 is 5.11 Å². The highest BCUT2D eigenvalue weighted by Gasteiger charge is 2.05. The molecule has 1 heterocycles. The van der Waals surface area contributed by atoms with Crippen LogP contribution in [0.25, 0.3) is 0 Å². The molecule has 0 fully saturated rings. The van der Waals surface area contributed by atoms with Gasteiger partial charge in [-0.25, -0.2) is 4.98 Å². The van der Waals surface area contributed by atoms with Crippen LogP contribution < -0.4 is 0 Å². The van der Waals surface area contributed by atoms with Gasteiger partial charge >= 0.3 is 0 Å². The quantitative estimate of drug-likeness (QED) is 0.854. The van der Waals surface area contributed by atoms with E-state index in [1.807, 2.05) is 31.2 Å². The Morgan fingerprint density at radius 3 is 2.69 bits per heavy atom. The summed E-state index contributed by atoms with van der Waals surface area (Å²) in [5, 5.41) is 17.0. The predicted molar refractivity (Wildman–Crippen MR) is 62.2 cm³/mol. The SMILES string of the molecule is CC[C@@H](O)c1ccc(Sc2ncn[nH]2)cc1. The van der Waals surface area contributed by atoms with Gasteiger partial charge in [-0.05, 0) is 24.1 Å². The van der Waals surface area contributed by atoms with E-state index in [0.717, 1.165) is 22.0 Å². The van der Waals surface area contributed by atoms with Crippen LogP contribution in [0.15, 0.2) is 40.6 Å². The predicted octanol–water partition coefficient (Wildman–Crippen LogP) is 2.40. The Balaban J connectivity index is 2.07. The zero-order chi connectivity index (χ0) is 11.4. The number of nitrogens with one attached hydrogen (secondary N) is 1. The highest BCUT2D eigenvalue weighted by molar-refractivity contribution is 7.99. The van der Waals surface area contributed by atoms with Crippen molar-refractivity contribution in [2.24, 2.45) is 0 Å². The van der Waals surface area contributed by atoms with E-state index in [1.54, 1.807) is 0 Å². The maximum atomic E-state index is 9.64. The second kappa shape index (κ2) is 5.14. The summed E-state index contributed by atoms with van der Waals surface area (Å²) < 4.78 is 0. The Bertz CT molecular complexity index is 427. The lowest BCUT2D eigenvalue weighted by molar-refractivity contribution is 0.173. The summed E-state index contributed by atoms with van der Waals surface area (Å²) >= 11 is 1.51. The summed E-state index contributed by atoms with van der Waals surface area (Å²) in [4.78, 5) is 5.11. The van der Waals surface area contributed by atoms with Gasteiger partial charge in [0.15, 0.2) is 5.16 Å². The van der Waals surface area contributed by atoms with Gasteiger partial charge in [0.2, 0.25) is 0 Å². The van der Waals surface area contributed by atoms with E-state index in [1.165, 1.54) is 18.1 Å². The minimum atomic E-state index is -0.371. The van der Waals surface area contributed by atoms with E-state index in [4.69, 9.17) is 0 Å². The van der Waals surface area contributed by atoms with Crippen LogP contribution in [0.2, 0.25) is 0 Å². The molecule has 5 heteroatoms. The van der Waals surface area contributed by atoms with Crippen molar-refractivity contribution in [3.63, 3.8) is 0 Å². The molecule has 84 valence electrons. The fraction of sp³-hybridized carbons (Fsp3) is 0.273. The molecule has 0 amide bonds. The molecule has 2 N–H and O–H groups in total. The van der Waals surface area contributed by atoms with E-state index in [-0.39, 0.29) is 6.10 Å². The van der Waals surface area contributed by atoms with Crippen LogP contribution in [0, 0.1) is 0 Å². The largest absolute Gasteiger partial charge is 0.388 e. The van der Waals surface area contributed by atoms with Crippen LogP contribution >= 0.6 is 11.8 Å². The summed E-state index contributed by atoms with van der Waals surface area (Å²) in [6, 6.07) is 7.82. The molecule has 2 rings (SSSR count). The normalized spacial score (nSPS) is 12.6. The molecule has 0 saturated heterocycles. The van der Waals surface area contributed by atoms with Crippen molar-refractivity contribution in [1.82, 2.24) is 15.2 Å². The van der Waals surface area contributed by atoms with E-state index in [2.05, 4.69) is 15.2 Å². The third-order valence-electron chi connectivity index (χ3n) is 2.26. The molecule has 16 heavy (non-hydrogen) atoms. The van der Waals surface area contributed by atoms with Gasteiger partial charge < -0.3 is 5.11 Å². The summed E-state index contributed by atoms with van der Waals surface area (Å²) in [6.45, 7) is 1.96. The highest BCUT2D eigenvalue weighted by atomic mass is 32.2. The molecule has 0 saturated carbocycles. The minimum Gasteiger partial charge on any atom is -0.388 e. The Kier molecular flexibility index (Phi) is 3.58. The number of benzene rings is 1. The van der Waals surface area contributed by atoms with Crippen LogP contribution in [0.1, 0.15) is 25.0 Å². The lowest BCUT2D eigenvalue weighted by Crippen LogP contribution is -1.94. The standard InChI is InChI=1S/C11H13N3OS/c1-2-10(15)8-3-5-9(6-4-8)16-11-12-7-13-14-11/h3-7,10,15H,2H2,1H3,(H,12,13,14)/t10-/m1/s1. The van der Waals surface area contributed by atoms with Crippen molar-refractivity contribution in [3.05, 3.63) is 36.2 Å². The Morgan fingerprint density at radius 2 is 2.12 bits per heavy atom. The molecular weight excluding hydrogens is 222 g/mol. The second-order valence-corrected chi connectivity index (χ2v) is 4.45. The molecule has 4 nitrogen and oxygen atoms in total. The van der Waals surface area contributed by atoms with E-state index < -0.39 is 0 Å². The molecule has 0 bridgehead atoms. The zero-order valence-electron chi connectivity index (χ0n) is 8.92. The van der Waals surface area contributed by atoms with Gasteiger partial charge in [0.25, 0.3) is 0 Å². The molecule has 1 aromatic heterocycles. The average molecular weight is 235 g/mol. The fourth-order valence-electron chi connectivity index (χ4n) is 1.35. The molecule has 0 aliphatic rings. The summed E-state index contributed by atoms with van der Waals surface area (Å²) in [7, 11) is 0. The maximum absolute atomic E-state index is 9.64. The van der Waals surface area contributed by atoms with Gasteiger partial charge in [-0.1, -0.05) is 30.8 Å². The summed E-state index contributed by atoms with van der Waals surface area (Å²) in [5.41, 5.74) is 0.949. The number of aliphatic hydroxyl groups excluding tert-OH is 1. The number of hydrogen-bond acceptors (Lipinski definition) is 4. The summed E-state index contributed by atoms with van der Waals surface area (Å²) in [5.74, 6) is 0. The van der Waals surface area contributed by atoms with Gasteiger partial charge in [-0.3, -0.25) is 5.10 Å². The number of H-pyrrole nitrogens is 1. The lowest BCUT2D eigenvalue weighted by atomic mass is 10.1. The Hall–Kier alpha value is -1.33. The molecule has 0 aliphatic carbocycles. The fourth-order valence-corrected chi connectivity index (χ4v) is 2.04. The van der Waals surface area contributed by atoms with Crippen molar-refractivity contribution >= 4 is 11.8 Å². The highest BCUT2D eigenvalue weighted by Crippen LogP contribution is 2.25. The smallest absolute Gasteiger partial charge is 0.188 e. The minimum absolute atomic E-state index is 0.371. The molecule has 0 radical (unpaired) electrons. The third-order valence-corrected chi connectivity index (χ3v) is 3.16. The number of rotatable bonds is 4. The molecule has 0 aliphatic heterocycles. The number of hydrogen-bond donors (Lipinski definition) is 2. The number of aromatic nitrogens is 3. The lowest BCUT2D eigenvalue weighted by Gasteiger charge is -2.08. The van der Waals surface area contributed by atoms with Crippen molar-refractivity contribution in [2.75, 3.05) is 0 Å². The first kappa shape index (κ1) is 11.2. The van der Waals surface area contributed by atoms with E-state index in [0.29, 0.717) is 0 Å². The first-order valence-electron chi connectivity index (χ1n) is 5.11. The van der Waals surface area contributed by atoms with Gasteiger partial charge in [-0.2, -0.15) is 5.10 Å². The molecule has 0 unspecified atom stereocenters. The van der Waals surface area contributed by atoms with Gasteiger partial charge in [0.1, 0.15) is 6.33 Å². The van der Waals surface area contributed by atoms with Gasteiger partial charge in [-0.15, -0.1) is 0 Å². The zero-order valence-corrected chi connectivity index (χ0v) is 9.74. The van der Waals surface area contributed by atoms with Crippen molar-refractivity contribution in [3.8, 4) is 0 Å². The first-order valence-corrected chi connectivity index (χ1v) is 5.92.